The Morgan fingerprint density at radius 1 is 1.13 bits per heavy atom. The van der Waals surface area contributed by atoms with Crippen molar-refractivity contribution in [1.29, 1.82) is 0 Å². The Hall–Kier alpha value is -3.03. The smallest absolute Gasteiger partial charge is 0.251 e. The monoisotopic (exact) mass is 447 g/mol. The quantitative estimate of drug-likeness (QED) is 0.338. The highest BCUT2D eigenvalue weighted by Gasteiger charge is 2.18. The van der Waals surface area contributed by atoms with Crippen molar-refractivity contribution in [1.82, 2.24) is 10.3 Å². The summed E-state index contributed by atoms with van der Waals surface area (Å²) in [5, 5.41) is 13.5. The number of pyridine rings is 1. The molecule has 0 atom stereocenters. The molecule has 0 bridgehead atoms. The van der Waals surface area contributed by atoms with Gasteiger partial charge in [-0.2, -0.15) is 0 Å². The largest absolute Gasteiger partial charge is 0.503 e. The van der Waals surface area contributed by atoms with Gasteiger partial charge in [-0.05, 0) is 36.8 Å². The molecule has 0 aliphatic heterocycles. The molecule has 0 aliphatic carbocycles. The minimum atomic E-state index is -0.638. The number of nitrogen functional groups attached to an aromatic ring is 1. The summed E-state index contributed by atoms with van der Waals surface area (Å²) in [6.45, 7) is 2.46. The number of carbonyl (C=O) groups is 2. The maximum atomic E-state index is 12.7. The summed E-state index contributed by atoms with van der Waals surface area (Å²) in [5.41, 5.74) is 6.10. The molecule has 1 amide bonds. The maximum Gasteiger partial charge on any atom is 0.251 e. The second-order valence-corrected chi connectivity index (χ2v) is 7.57. The summed E-state index contributed by atoms with van der Waals surface area (Å²) in [5.74, 6) is -1.27. The fourth-order valence-electron chi connectivity index (χ4n) is 2.95. The van der Waals surface area contributed by atoms with Gasteiger partial charge in [-0.15, -0.1) is 0 Å². The lowest BCUT2D eigenvalue weighted by Gasteiger charge is -2.10. The SMILES string of the molecule is CCCNC(=O)c1ccc2c(=O)c(O)c(CC(=O)c3cc(Cl)c(N)c(Cl)c3)[nH]c2c1. The van der Waals surface area contributed by atoms with Gasteiger partial charge in [0.2, 0.25) is 5.43 Å². The van der Waals surface area contributed by atoms with Crippen LogP contribution in [0, 0.1) is 0 Å². The minimum Gasteiger partial charge on any atom is -0.503 e. The Morgan fingerprint density at radius 2 is 1.80 bits per heavy atom. The van der Waals surface area contributed by atoms with Gasteiger partial charge >= 0.3 is 0 Å². The molecule has 3 aromatic rings. The molecule has 30 heavy (non-hydrogen) atoms. The molecule has 1 heterocycles. The number of Topliss-reactive ketones (excluding diaryl/α,β-unsaturated/α-hetero) is 1. The van der Waals surface area contributed by atoms with E-state index in [9.17, 15) is 19.5 Å². The van der Waals surface area contributed by atoms with E-state index in [0.29, 0.717) is 17.6 Å². The average molecular weight is 448 g/mol. The van der Waals surface area contributed by atoms with Crippen molar-refractivity contribution < 1.29 is 14.7 Å². The lowest BCUT2D eigenvalue weighted by molar-refractivity contribution is 0.0952. The highest BCUT2D eigenvalue weighted by Crippen LogP contribution is 2.29. The number of anilines is 1. The first kappa shape index (κ1) is 21.7. The fraction of sp³-hybridized carbons (Fsp3) is 0.190. The summed E-state index contributed by atoms with van der Waals surface area (Å²) in [6.07, 6.45) is 0.481. The van der Waals surface area contributed by atoms with E-state index >= 15 is 0 Å². The van der Waals surface area contributed by atoms with Crippen LogP contribution in [0.5, 0.6) is 5.75 Å². The van der Waals surface area contributed by atoms with Gasteiger partial charge in [0.15, 0.2) is 11.5 Å². The van der Waals surface area contributed by atoms with E-state index in [1.165, 1.54) is 30.3 Å². The van der Waals surface area contributed by atoms with E-state index in [1.807, 2.05) is 6.92 Å². The summed E-state index contributed by atoms with van der Waals surface area (Å²) in [4.78, 5) is 40.3. The number of nitrogens with one attached hydrogen (secondary N) is 2. The molecule has 0 fully saturated rings. The van der Waals surface area contributed by atoms with E-state index < -0.39 is 17.0 Å². The third-order valence-electron chi connectivity index (χ3n) is 4.59. The normalized spacial score (nSPS) is 10.9. The predicted octanol–water partition coefficient (Wildman–Crippen LogP) is 3.69. The number of nitrogens with two attached hydrogens (primary N) is 1. The van der Waals surface area contributed by atoms with E-state index in [2.05, 4.69) is 10.3 Å². The van der Waals surface area contributed by atoms with Gasteiger partial charge in [-0.1, -0.05) is 30.1 Å². The molecule has 3 rings (SSSR count). The highest BCUT2D eigenvalue weighted by molar-refractivity contribution is 6.39. The number of aromatic nitrogens is 1. The number of halogens is 2. The number of aromatic hydroxyl groups is 1. The van der Waals surface area contributed by atoms with Crippen molar-refractivity contribution in [2.75, 3.05) is 12.3 Å². The van der Waals surface area contributed by atoms with Crippen LogP contribution >= 0.6 is 23.2 Å². The van der Waals surface area contributed by atoms with E-state index in [1.54, 1.807) is 0 Å². The third kappa shape index (κ3) is 4.27. The number of benzene rings is 2. The molecule has 0 unspecified atom stereocenters. The van der Waals surface area contributed by atoms with E-state index in [-0.39, 0.29) is 44.7 Å². The number of hydrogen-bond donors (Lipinski definition) is 4. The molecule has 9 heteroatoms. The van der Waals surface area contributed by atoms with Crippen molar-refractivity contribution in [3.8, 4) is 5.75 Å². The number of aromatic amines is 1. The molecule has 156 valence electrons. The van der Waals surface area contributed by atoms with Gasteiger partial charge in [0, 0.05) is 23.1 Å². The first-order chi connectivity index (χ1) is 14.2. The molecule has 0 aliphatic rings. The molecule has 0 spiro atoms. The molecule has 0 saturated heterocycles. The van der Waals surface area contributed by atoms with Crippen molar-refractivity contribution >= 4 is 51.5 Å². The van der Waals surface area contributed by atoms with Crippen LogP contribution in [-0.4, -0.2) is 28.3 Å². The van der Waals surface area contributed by atoms with Crippen LogP contribution in [0.1, 0.15) is 39.8 Å². The number of carbonyl (C=O) groups excluding carboxylic acids is 2. The van der Waals surface area contributed by atoms with Crippen LogP contribution in [0.25, 0.3) is 10.9 Å². The molecule has 7 nitrogen and oxygen atoms in total. The van der Waals surface area contributed by atoms with E-state index in [4.69, 9.17) is 28.9 Å². The third-order valence-corrected chi connectivity index (χ3v) is 5.21. The fourth-order valence-corrected chi connectivity index (χ4v) is 3.44. The summed E-state index contributed by atoms with van der Waals surface area (Å²) in [7, 11) is 0. The summed E-state index contributed by atoms with van der Waals surface area (Å²) in [6, 6.07) is 7.21. The maximum absolute atomic E-state index is 12.7. The number of ketones is 1. The zero-order valence-electron chi connectivity index (χ0n) is 16.0. The molecule has 1 aromatic heterocycles. The van der Waals surface area contributed by atoms with Crippen molar-refractivity contribution in [3.63, 3.8) is 0 Å². The van der Waals surface area contributed by atoms with Crippen LogP contribution < -0.4 is 16.5 Å². The Labute approximate surface area is 181 Å². The Kier molecular flexibility index (Phi) is 6.34. The Balaban J connectivity index is 1.99. The first-order valence-electron chi connectivity index (χ1n) is 9.16. The molecular weight excluding hydrogens is 429 g/mol. The van der Waals surface area contributed by atoms with Gasteiger partial charge in [0.25, 0.3) is 5.91 Å². The van der Waals surface area contributed by atoms with Gasteiger partial charge in [-0.3, -0.25) is 14.4 Å². The van der Waals surface area contributed by atoms with E-state index in [0.717, 1.165) is 6.42 Å². The number of rotatable bonds is 6. The molecule has 2 aromatic carbocycles. The number of hydrogen-bond acceptors (Lipinski definition) is 5. The Bertz CT molecular complexity index is 1200. The summed E-state index contributed by atoms with van der Waals surface area (Å²) >= 11 is 12.0. The molecule has 0 radical (unpaired) electrons. The van der Waals surface area contributed by atoms with Crippen LogP contribution in [0.3, 0.4) is 0 Å². The standard InChI is InChI=1S/C21H19Cl2N3O4/c1-2-5-25-21(30)10-3-4-12-15(8-10)26-16(20(29)19(12)28)9-17(27)11-6-13(22)18(24)14(23)7-11/h3-4,6-8,29H,2,5,9,24H2,1H3,(H,25,30)(H,26,28). The number of fused-ring (bicyclic) bond motifs is 1. The lowest BCUT2D eigenvalue weighted by atomic mass is 10.0. The predicted molar refractivity (Wildman–Crippen MR) is 118 cm³/mol. The number of H-pyrrole nitrogens is 1. The second-order valence-electron chi connectivity index (χ2n) is 6.75. The van der Waals surface area contributed by atoms with Gasteiger partial charge < -0.3 is 21.1 Å². The van der Waals surface area contributed by atoms with Gasteiger partial charge in [0.05, 0.1) is 33.4 Å². The van der Waals surface area contributed by atoms with Crippen LogP contribution in [0.4, 0.5) is 5.69 Å². The van der Waals surface area contributed by atoms with Crippen molar-refractivity contribution in [3.05, 3.63) is 67.4 Å². The molecular formula is C21H19Cl2N3O4. The summed E-state index contributed by atoms with van der Waals surface area (Å²) < 4.78 is 0. The van der Waals surface area contributed by atoms with Crippen molar-refractivity contribution in [2.45, 2.75) is 19.8 Å². The molecule has 5 N–H and O–H groups in total. The topological polar surface area (TPSA) is 125 Å². The highest BCUT2D eigenvalue weighted by atomic mass is 35.5. The zero-order valence-corrected chi connectivity index (χ0v) is 17.5. The lowest BCUT2D eigenvalue weighted by Crippen LogP contribution is -2.24. The Morgan fingerprint density at radius 3 is 2.43 bits per heavy atom. The number of amides is 1. The van der Waals surface area contributed by atoms with Crippen molar-refractivity contribution in [2.24, 2.45) is 0 Å². The average Bonchev–Trinajstić information content (AvgIpc) is 2.73. The van der Waals surface area contributed by atoms with Crippen LogP contribution in [0.15, 0.2) is 35.1 Å². The zero-order chi connectivity index (χ0) is 22.0. The minimum absolute atomic E-state index is 0.0210. The van der Waals surface area contributed by atoms with Gasteiger partial charge in [0.1, 0.15) is 0 Å². The molecule has 0 saturated carbocycles. The second kappa shape index (κ2) is 8.77. The van der Waals surface area contributed by atoms with Gasteiger partial charge in [-0.25, -0.2) is 0 Å². The van der Waals surface area contributed by atoms with Crippen LogP contribution in [-0.2, 0) is 6.42 Å². The van der Waals surface area contributed by atoms with Crippen LogP contribution in [0.2, 0.25) is 10.0 Å². The first-order valence-corrected chi connectivity index (χ1v) is 9.92.